The van der Waals surface area contributed by atoms with Gasteiger partial charge in [-0.3, -0.25) is 0 Å². The summed E-state index contributed by atoms with van der Waals surface area (Å²) in [6.07, 6.45) is 2.94. The third-order valence-electron chi connectivity index (χ3n) is 4.95. The Morgan fingerprint density at radius 3 is 2.76 bits per heavy atom. The van der Waals surface area contributed by atoms with E-state index in [0.29, 0.717) is 23.4 Å². The highest BCUT2D eigenvalue weighted by Gasteiger charge is 2.32. The van der Waals surface area contributed by atoms with Crippen LogP contribution in [0.15, 0.2) is 29.2 Å². The molecule has 0 aromatic heterocycles. The van der Waals surface area contributed by atoms with Crippen LogP contribution in [0.25, 0.3) is 0 Å². The minimum Gasteiger partial charge on any atom is -0.307 e. The summed E-state index contributed by atoms with van der Waals surface area (Å²) in [5.74, 6) is 0.254. The molecule has 21 heavy (non-hydrogen) atoms. The van der Waals surface area contributed by atoms with Gasteiger partial charge in [-0.05, 0) is 51.4 Å². The smallest absolute Gasteiger partial charge is 0.178 e. The summed E-state index contributed by atoms with van der Waals surface area (Å²) in [7, 11) is -0.914. The van der Waals surface area contributed by atoms with Crippen molar-refractivity contribution in [2.45, 2.75) is 49.2 Å². The number of fused-ring (bicyclic) bond motifs is 1. The summed E-state index contributed by atoms with van der Waals surface area (Å²) >= 11 is 0. The molecule has 1 N–H and O–H groups in total. The molecule has 116 valence electrons. The minimum atomic E-state index is -3.08. The van der Waals surface area contributed by atoms with Crippen molar-refractivity contribution in [3.05, 3.63) is 29.8 Å². The molecule has 0 aliphatic carbocycles. The lowest BCUT2D eigenvalue weighted by Gasteiger charge is -2.38. The van der Waals surface area contributed by atoms with Crippen LogP contribution in [0.4, 0.5) is 0 Å². The Morgan fingerprint density at radius 1 is 1.24 bits per heavy atom. The number of sulfone groups is 1. The van der Waals surface area contributed by atoms with Crippen LogP contribution in [0.2, 0.25) is 0 Å². The third kappa shape index (κ3) is 3.00. The van der Waals surface area contributed by atoms with E-state index >= 15 is 0 Å². The Morgan fingerprint density at radius 2 is 2.00 bits per heavy atom. The van der Waals surface area contributed by atoms with Gasteiger partial charge < -0.3 is 10.2 Å². The molecule has 1 aromatic rings. The number of piperidine rings is 1. The van der Waals surface area contributed by atoms with Crippen LogP contribution < -0.4 is 5.32 Å². The fourth-order valence-electron chi connectivity index (χ4n) is 3.49. The normalized spacial score (nSPS) is 32.6. The first-order valence-corrected chi connectivity index (χ1v) is 9.40. The predicted molar refractivity (Wildman–Crippen MR) is 84.1 cm³/mol. The van der Waals surface area contributed by atoms with Gasteiger partial charge in [0.05, 0.1) is 10.6 Å². The predicted octanol–water partition coefficient (Wildman–Crippen LogP) is 1.98. The molecule has 3 atom stereocenters. The number of hydrogen-bond acceptors (Lipinski definition) is 4. The van der Waals surface area contributed by atoms with Crippen molar-refractivity contribution >= 4 is 9.84 Å². The molecule has 1 saturated heterocycles. The number of hydrogen-bond donors (Lipinski definition) is 1. The minimum absolute atomic E-state index is 0.172. The van der Waals surface area contributed by atoms with Crippen LogP contribution in [-0.2, 0) is 9.84 Å². The first-order valence-electron chi connectivity index (χ1n) is 7.75. The van der Waals surface area contributed by atoms with E-state index in [-0.39, 0.29) is 11.8 Å². The van der Waals surface area contributed by atoms with E-state index in [1.165, 1.54) is 0 Å². The van der Waals surface area contributed by atoms with Crippen molar-refractivity contribution in [1.29, 1.82) is 0 Å². The summed E-state index contributed by atoms with van der Waals surface area (Å²) in [5.41, 5.74) is 0.954. The summed E-state index contributed by atoms with van der Waals surface area (Å²) in [6.45, 7) is 3.36. The Labute approximate surface area is 127 Å². The largest absolute Gasteiger partial charge is 0.307 e. The molecule has 4 nitrogen and oxygen atoms in total. The van der Waals surface area contributed by atoms with Gasteiger partial charge in [0.2, 0.25) is 0 Å². The van der Waals surface area contributed by atoms with Crippen LogP contribution >= 0.6 is 0 Å². The summed E-state index contributed by atoms with van der Waals surface area (Å²) in [6, 6.07) is 8.69. The van der Waals surface area contributed by atoms with E-state index in [4.69, 9.17) is 0 Å². The van der Waals surface area contributed by atoms with Crippen molar-refractivity contribution in [2.75, 3.05) is 19.3 Å². The van der Waals surface area contributed by atoms with Gasteiger partial charge in [-0.2, -0.15) is 0 Å². The Bertz CT molecular complexity index is 614. The van der Waals surface area contributed by atoms with E-state index in [0.717, 1.165) is 24.9 Å². The summed E-state index contributed by atoms with van der Waals surface area (Å²) < 4.78 is 24.3. The quantitative estimate of drug-likeness (QED) is 0.907. The zero-order valence-corrected chi connectivity index (χ0v) is 13.6. The topological polar surface area (TPSA) is 49.4 Å². The molecule has 2 heterocycles. The number of likely N-dealkylation sites (tertiary alicyclic amines) is 1. The Hall–Kier alpha value is -0.910. The Kier molecular flexibility index (Phi) is 4.08. The SMILES string of the molecule is CC1CC(NC2CCS(=O)(=O)c3ccccc32)CCN1C. The lowest BCUT2D eigenvalue weighted by Crippen LogP contribution is -2.47. The maximum atomic E-state index is 12.2. The average Bonchev–Trinajstić information content (AvgIpc) is 2.46. The van der Waals surface area contributed by atoms with Gasteiger partial charge in [-0.15, -0.1) is 0 Å². The highest BCUT2D eigenvalue weighted by molar-refractivity contribution is 7.91. The zero-order valence-electron chi connectivity index (χ0n) is 12.7. The van der Waals surface area contributed by atoms with E-state index in [9.17, 15) is 8.42 Å². The average molecular weight is 308 g/mol. The van der Waals surface area contributed by atoms with Crippen molar-refractivity contribution in [2.24, 2.45) is 0 Å². The molecule has 0 amide bonds. The lowest BCUT2D eigenvalue weighted by atomic mass is 9.95. The van der Waals surface area contributed by atoms with Crippen molar-refractivity contribution in [3.8, 4) is 0 Å². The van der Waals surface area contributed by atoms with Gasteiger partial charge >= 0.3 is 0 Å². The molecule has 2 aliphatic heterocycles. The summed E-state index contributed by atoms with van der Waals surface area (Å²) in [4.78, 5) is 2.91. The maximum Gasteiger partial charge on any atom is 0.178 e. The van der Waals surface area contributed by atoms with Gasteiger partial charge in [0.25, 0.3) is 0 Å². The van der Waals surface area contributed by atoms with E-state index < -0.39 is 9.84 Å². The molecule has 0 bridgehead atoms. The van der Waals surface area contributed by atoms with Crippen LogP contribution in [0, 0.1) is 0 Å². The van der Waals surface area contributed by atoms with Gasteiger partial charge in [0, 0.05) is 18.1 Å². The van der Waals surface area contributed by atoms with E-state index in [1.54, 1.807) is 6.07 Å². The number of benzene rings is 1. The second kappa shape index (κ2) is 5.71. The fourth-order valence-corrected chi connectivity index (χ4v) is 5.11. The third-order valence-corrected chi connectivity index (χ3v) is 6.77. The lowest BCUT2D eigenvalue weighted by molar-refractivity contribution is 0.161. The molecule has 0 spiro atoms. The molecule has 0 radical (unpaired) electrons. The monoisotopic (exact) mass is 308 g/mol. The Balaban J connectivity index is 1.78. The van der Waals surface area contributed by atoms with Crippen molar-refractivity contribution in [3.63, 3.8) is 0 Å². The molecule has 3 rings (SSSR count). The number of nitrogens with zero attached hydrogens (tertiary/aromatic N) is 1. The van der Waals surface area contributed by atoms with Gasteiger partial charge in [0.15, 0.2) is 9.84 Å². The zero-order chi connectivity index (χ0) is 15.0. The molecular weight excluding hydrogens is 284 g/mol. The number of nitrogens with one attached hydrogen (secondary N) is 1. The van der Waals surface area contributed by atoms with Gasteiger partial charge in [-0.25, -0.2) is 8.42 Å². The van der Waals surface area contributed by atoms with Crippen molar-refractivity contribution in [1.82, 2.24) is 10.2 Å². The molecular formula is C16H24N2O2S. The molecule has 1 fully saturated rings. The first kappa shape index (κ1) is 15.0. The fraction of sp³-hybridized carbons (Fsp3) is 0.625. The van der Waals surface area contributed by atoms with E-state index in [1.807, 2.05) is 18.2 Å². The van der Waals surface area contributed by atoms with Crippen molar-refractivity contribution < 1.29 is 8.42 Å². The van der Waals surface area contributed by atoms with Crippen LogP contribution in [-0.4, -0.2) is 44.7 Å². The molecule has 5 heteroatoms. The van der Waals surface area contributed by atoms with Crippen LogP contribution in [0.1, 0.15) is 37.8 Å². The maximum absolute atomic E-state index is 12.2. The number of rotatable bonds is 2. The molecule has 1 aromatic carbocycles. The molecule has 2 aliphatic rings. The standard InChI is InChI=1S/C16H24N2O2S/c1-12-11-13(7-9-18(12)2)17-15-8-10-21(19,20)16-6-4-3-5-14(15)16/h3-6,12-13,15,17H,7-11H2,1-2H3. The highest BCUT2D eigenvalue weighted by atomic mass is 32.2. The van der Waals surface area contributed by atoms with E-state index in [2.05, 4.69) is 24.2 Å². The molecule has 0 saturated carbocycles. The second-order valence-corrected chi connectivity index (χ2v) is 8.49. The van der Waals surface area contributed by atoms with Crippen LogP contribution in [0.3, 0.4) is 0 Å². The highest BCUT2D eigenvalue weighted by Crippen LogP contribution is 2.33. The second-order valence-electron chi connectivity index (χ2n) is 6.42. The van der Waals surface area contributed by atoms with Crippen LogP contribution in [0.5, 0.6) is 0 Å². The first-order chi connectivity index (χ1) is 9.97. The summed E-state index contributed by atoms with van der Waals surface area (Å²) in [5, 5.41) is 3.71. The molecule has 3 unspecified atom stereocenters. The van der Waals surface area contributed by atoms with Gasteiger partial charge in [0.1, 0.15) is 0 Å². The van der Waals surface area contributed by atoms with Gasteiger partial charge in [-0.1, -0.05) is 18.2 Å².